The number of hydrogen-bond donors (Lipinski definition) is 1. The Balaban J connectivity index is 2.32. The Bertz CT molecular complexity index is 434. The number of benzene rings is 1. The molecule has 0 saturated carbocycles. The molecule has 0 spiro atoms. The summed E-state index contributed by atoms with van der Waals surface area (Å²) in [6, 6.07) is 8.80. The van der Waals surface area contributed by atoms with Gasteiger partial charge in [0.1, 0.15) is 4.32 Å². The summed E-state index contributed by atoms with van der Waals surface area (Å²) >= 11 is 6.24. The van der Waals surface area contributed by atoms with Gasteiger partial charge in [-0.05, 0) is 12.1 Å². The van der Waals surface area contributed by atoms with Crippen molar-refractivity contribution in [2.45, 2.75) is 6.42 Å². The average Bonchev–Trinajstić information content (AvgIpc) is 2.39. The first-order valence-corrected chi connectivity index (χ1v) is 6.63. The fourth-order valence-corrected chi connectivity index (χ4v) is 2.08. The van der Waals surface area contributed by atoms with Crippen LogP contribution in [0.2, 0.25) is 0 Å². The zero-order valence-electron chi connectivity index (χ0n) is 9.84. The Hall–Kier alpha value is -1.40. The molecule has 0 atom stereocenters. The first-order valence-electron chi connectivity index (χ1n) is 5.23. The highest BCUT2D eigenvalue weighted by Gasteiger charge is 2.08. The van der Waals surface area contributed by atoms with E-state index in [0.717, 1.165) is 0 Å². The lowest BCUT2D eigenvalue weighted by Crippen LogP contribution is -2.27. The molecule has 1 aromatic rings. The van der Waals surface area contributed by atoms with E-state index in [0.29, 0.717) is 15.6 Å². The highest BCUT2D eigenvalue weighted by Crippen LogP contribution is 2.06. The maximum Gasteiger partial charge on any atom is 0.306 e. The molecule has 0 saturated heterocycles. The molecule has 96 valence electrons. The first kappa shape index (κ1) is 14.7. The molecule has 0 bridgehead atoms. The van der Waals surface area contributed by atoms with Crippen LogP contribution in [0.15, 0.2) is 30.3 Å². The van der Waals surface area contributed by atoms with Crippen LogP contribution >= 0.6 is 24.0 Å². The summed E-state index contributed by atoms with van der Waals surface area (Å²) in [7, 11) is 1.34. The van der Waals surface area contributed by atoms with Crippen LogP contribution in [0, 0.1) is 0 Å². The third-order valence-corrected chi connectivity index (χ3v) is 3.25. The van der Waals surface area contributed by atoms with Gasteiger partial charge >= 0.3 is 5.97 Å². The van der Waals surface area contributed by atoms with Crippen molar-refractivity contribution >= 4 is 40.2 Å². The summed E-state index contributed by atoms with van der Waals surface area (Å²) in [5, 5.41) is 2.59. The standard InChI is InChI=1S/C12H13NO3S2/c1-16-10(14)7-8-18-12(17)13-11(15)9-5-3-2-4-6-9/h2-6H,7-8H2,1H3,(H,13,15,17). The van der Waals surface area contributed by atoms with E-state index in [4.69, 9.17) is 12.2 Å². The predicted octanol–water partition coefficient (Wildman–Crippen LogP) is 2.00. The summed E-state index contributed by atoms with van der Waals surface area (Å²) < 4.78 is 4.85. The molecule has 0 aliphatic carbocycles. The molecule has 4 nitrogen and oxygen atoms in total. The van der Waals surface area contributed by atoms with Crippen molar-refractivity contribution in [2.75, 3.05) is 12.9 Å². The molecule has 0 fully saturated rings. The largest absolute Gasteiger partial charge is 0.469 e. The van der Waals surface area contributed by atoms with Crippen molar-refractivity contribution in [2.24, 2.45) is 0 Å². The second kappa shape index (κ2) is 7.84. The Kier molecular flexibility index (Phi) is 6.38. The Labute approximate surface area is 115 Å². The van der Waals surface area contributed by atoms with Crippen molar-refractivity contribution in [3.63, 3.8) is 0 Å². The molecule has 0 aromatic heterocycles. The van der Waals surface area contributed by atoms with Crippen molar-refractivity contribution in [3.8, 4) is 0 Å². The molecule has 6 heteroatoms. The monoisotopic (exact) mass is 283 g/mol. The number of rotatable bonds is 4. The van der Waals surface area contributed by atoms with Gasteiger partial charge in [0, 0.05) is 11.3 Å². The summed E-state index contributed by atoms with van der Waals surface area (Å²) in [6.07, 6.45) is 0.266. The second-order valence-electron chi connectivity index (χ2n) is 3.28. The molecular weight excluding hydrogens is 270 g/mol. The normalized spacial score (nSPS) is 9.61. The van der Waals surface area contributed by atoms with Gasteiger partial charge < -0.3 is 10.1 Å². The van der Waals surface area contributed by atoms with E-state index in [-0.39, 0.29) is 18.3 Å². The van der Waals surface area contributed by atoms with Gasteiger partial charge in [0.25, 0.3) is 5.91 Å². The molecule has 0 radical (unpaired) electrons. The highest BCUT2D eigenvalue weighted by molar-refractivity contribution is 8.23. The third kappa shape index (κ3) is 5.29. The van der Waals surface area contributed by atoms with Crippen molar-refractivity contribution in [3.05, 3.63) is 35.9 Å². The van der Waals surface area contributed by atoms with Crippen molar-refractivity contribution in [1.82, 2.24) is 5.32 Å². The molecule has 0 heterocycles. The number of ether oxygens (including phenoxy) is 1. The molecule has 0 unspecified atom stereocenters. The van der Waals surface area contributed by atoms with E-state index in [2.05, 4.69) is 10.1 Å². The molecule has 1 rings (SSSR count). The lowest BCUT2D eigenvalue weighted by atomic mass is 10.2. The third-order valence-electron chi connectivity index (χ3n) is 2.02. The fraction of sp³-hybridized carbons (Fsp3) is 0.250. The molecule has 1 amide bonds. The van der Waals surface area contributed by atoms with E-state index in [1.165, 1.54) is 18.9 Å². The van der Waals surface area contributed by atoms with E-state index in [1.807, 2.05) is 6.07 Å². The van der Waals surface area contributed by atoms with Crippen LogP contribution in [0.3, 0.4) is 0 Å². The van der Waals surface area contributed by atoms with E-state index in [1.54, 1.807) is 24.3 Å². The number of carbonyl (C=O) groups is 2. The van der Waals surface area contributed by atoms with Crippen LogP contribution in [0.5, 0.6) is 0 Å². The Morgan fingerprint density at radius 2 is 2.00 bits per heavy atom. The van der Waals surface area contributed by atoms with Crippen LogP contribution in [-0.2, 0) is 9.53 Å². The average molecular weight is 283 g/mol. The minimum Gasteiger partial charge on any atom is -0.469 e. The van der Waals surface area contributed by atoms with Gasteiger partial charge in [-0.2, -0.15) is 0 Å². The molecule has 1 N–H and O–H groups in total. The van der Waals surface area contributed by atoms with Crippen LogP contribution in [0.4, 0.5) is 0 Å². The molecular formula is C12H13NO3S2. The summed E-state index contributed by atoms with van der Waals surface area (Å²) in [5.74, 6) is -0.0496. The van der Waals surface area contributed by atoms with Gasteiger partial charge in [-0.15, -0.1) is 0 Å². The quantitative estimate of drug-likeness (QED) is 0.676. The molecule has 0 aliphatic heterocycles. The molecule has 18 heavy (non-hydrogen) atoms. The smallest absolute Gasteiger partial charge is 0.306 e. The minimum absolute atomic E-state index is 0.244. The number of hydrogen-bond acceptors (Lipinski definition) is 5. The minimum atomic E-state index is -0.292. The van der Waals surface area contributed by atoms with Gasteiger partial charge in [0.2, 0.25) is 0 Å². The van der Waals surface area contributed by atoms with Crippen molar-refractivity contribution < 1.29 is 14.3 Å². The van der Waals surface area contributed by atoms with E-state index < -0.39 is 0 Å². The topological polar surface area (TPSA) is 55.4 Å². The first-order chi connectivity index (χ1) is 8.63. The number of nitrogens with one attached hydrogen (secondary N) is 1. The van der Waals surface area contributed by atoms with Gasteiger partial charge in [-0.3, -0.25) is 9.59 Å². The number of thioether (sulfide) groups is 1. The number of thiocarbonyl (C=S) groups is 1. The second-order valence-corrected chi connectivity index (χ2v) is 5.05. The van der Waals surface area contributed by atoms with Gasteiger partial charge in [0.15, 0.2) is 0 Å². The van der Waals surface area contributed by atoms with E-state index >= 15 is 0 Å². The maximum atomic E-state index is 11.7. The molecule has 0 aliphatic rings. The van der Waals surface area contributed by atoms with Crippen LogP contribution in [-0.4, -0.2) is 29.1 Å². The maximum absolute atomic E-state index is 11.7. The lowest BCUT2D eigenvalue weighted by Gasteiger charge is -2.05. The lowest BCUT2D eigenvalue weighted by molar-refractivity contribution is -0.140. The number of methoxy groups -OCH3 is 1. The summed E-state index contributed by atoms with van der Waals surface area (Å²) in [6.45, 7) is 0. The van der Waals surface area contributed by atoms with Crippen LogP contribution < -0.4 is 5.32 Å². The number of amides is 1. The summed E-state index contributed by atoms with van der Waals surface area (Å²) in [5.41, 5.74) is 0.549. The number of esters is 1. The van der Waals surface area contributed by atoms with Crippen LogP contribution in [0.1, 0.15) is 16.8 Å². The van der Waals surface area contributed by atoms with Crippen molar-refractivity contribution in [1.29, 1.82) is 0 Å². The summed E-state index contributed by atoms with van der Waals surface area (Å²) in [4.78, 5) is 22.6. The number of carbonyl (C=O) groups excluding carboxylic acids is 2. The van der Waals surface area contributed by atoms with Gasteiger partial charge in [-0.25, -0.2) is 0 Å². The fourth-order valence-electron chi connectivity index (χ4n) is 1.12. The Morgan fingerprint density at radius 1 is 1.33 bits per heavy atom. The zero-order chi connectivity index (χ0) is 13.4. The van der Waals surface area contributed by atoms with Crippen LogP contribution in [0.25, 0.3) is 0 Å². The Morgan fingerprint density at radius 3 is 2.61 bits per heavy atom. The SMILES string of the molecule is COC(=O)CCSC(=S)NC(=O)c1ccccc1. The predicted molar refractivity (Wildman–Crippen MR) is 75.6 cm³/mol. The van der Waals surface area contributed by atoms with Gasteiger partial charge in [-0.1, -0.05) is 42.2 Å². The van der Waals surface area contributed by atoms with E-state index in [9.17, 15) is 9.59 Å². The van der Waals surface area contributed by atoms with Gasteiger partial charge in [0.05, 0.1) is 13.5 Å². The zero-order valence-corrected chi connectivity index (χ0v) is 11.5. The molecule has 1 aromatic carbocycles. The highest BCUT2D eigenvalue weighted by atomic mass is 32.2.